The summed E-state index contributed by atoms with van der Waals surface area (Å²) in [6.07, 6.45) is 5.11. The molecule has 1 aliphatic heterocycles. The molecule has 0 bridgehead atoms. The molecule has 2 aromatic rings. The number of amidine groups is 1. The molecule has 10 nitrogen and oxygen atoms in total. The molecular formula is C24H29N5O5. The number of nitrogens with two attached hydrogens (primary N) is 1. The zero-order chi connectivity index (χ0) is 24.7. The average molecular weight is 468 g/mol. The largest absolute Gasteiger partial charge is 0.542 e. The van der Waals surface area contributed by atoms with E-state index in [9.17, 15) is 19.5 Å². The van der Waals surface area contributed by atoms with Crippen molar-refractivity contribution in [1.29, 1.82) is 5.41 Å². The fourth-order valence-electron chi connectivity index (χ4n) is 3.83. The summed E-state index contributed by atoms with van der Waals surface area (Å²) in [5.74, 6) is -2.92. The third-order valence-electron chi connectivity index (χ3n) is 5.81. The fourth-order valence-corrected chi connectivity index (χ4v) is 3.83. The molecule has 1 amide bonds. The Bertz CT molecular complexity index is 1060. The highest BCUT2D eigenvalue weighted by atomic mass is 16.5. The number of piperidine rings is 1. The normalized spacial score (nSPS) is 13.9. The molecule has 1 fully saturated rings. The van der Waals surface area contributed by atoms with E-state index in [4.69, 9.17) is 15.9 Å². The summed E-state index contributed by atoms with van der Waals surface area (Å²) in [5.41, 5.74) is 7.37. The second-order valence-electron chi connectivity index (χ2n) is 8.25. The van der Waals surface area contributed by atoms with E-state index in [1.807, 2.05) is 24.0 Å². The lowest BCUT2D eigenvalue weighted by molar-refractivity contribution is -0.671. The van der Waals surface area contributed by atoms with E-state index in [1.165, 1.54) is 18.2 Å². The number of nitrogens with one attached hydrogen (secondary N) is 2. The van der Waals surface area contributed by atoms with Crippen LogP contribution in [0.3, 0.4) is 0 Å². The molecule has 0 unspecified atom stereocenters. The van der Waals surface area contributed by atoms with Crippen LogP contribution in [-0.4, -0.2) is 49.7 Å². The summed E-state index contributed by atoms with van der Waals surface area (Å²) in [4.78, 5) is 37.2. The molecule has 1 aliphatic rings. The SMILES string of the molecule is C[n+]1ccc(N2CCC(C(=O)NCCOc3cc(C(=N)N)ccc3CC(=O)C(=O)[O-])CC2)cc1. The number of carbonyl (C=O) groups is 3. The minimum atomic E-state index is -1.78. The van der Waals surface area contributed by atoms with E-state index in [0.29, 0.717) is 11.1 Å². The first-order valence-electron chi connectivity index (χ1n) is 11.1. The molecule has 0 spiro atoms. The van der Waals surface area contributed by atoms with Gasteiger partial charge in [-0.05, 0) is 18.9 Å². The van der Waals surface area contributed by atoms with Gasteiger partial charge in [-0.1, -0.05) is 12.1 Å². The molecule has 0 radical (unpaired) electrons. The number of aromatic nitrogens is 1. The van der Waals surface area contributed by atoms with Gasteiger partial charge in [0.05, 0.1) is 6.54 Å². The van der Waals surface area contributed by atoms with E-state index in [2.05, 4.69) is 22.3 Å². The Morgan fingerprint density at radius 2 is 1.88 bits per heavy atom. The van der Waals surface area contributed by atoms with Crippen LogP contribution in [0.2, 0.25) is 0 Å². The zero-order valence-electron chi connectivity index (χ0n) is 19.1. The van der Waals surface area contributed by atoms with Gasteiger partial charge in [0.15, 0.2) is 18.2 Å². The van der Waals surface area contributed by atoms with Crippen LogP contribution < -0.4 is 30.4 Å². The van der Waals surface area contributed by atoms with Gasteiger partial charge < -0.3 is 30.6 Å². The minimum absolute atomic E-state index is 0.0347. The summed E-state index contributed by atoms with van der Waals surface area (Å²) in [5, 5.41) is 21.2. The van der Waals surface area contributed by atoms with Crippen molar-refractivity contribution in [3.8, 4) is 5.75 Å². The Labute approximate surface area is 197 Å². The summed E-state index contributed by atoms with van der Waals surface area (Å²) in [6.45, 7) is 1.96. The number of aryl methyl sites for hydroxylation is 1. The lowest BCUT2D eigenvalue weighted by atomic mass is 9.95. The molecule has 1 aromatic heterocycles. The minimum Gasteiger partial charge on any atom is -0.542 e. The summed E-state index contributed by atoms with van der Waals surface area (Å²) in [6, 6.07) is 8.60. The number of ether oxygens (including phenoxy) is 1. The number of Topliss-reactive ketones (excluding diaryl/α,β-unsaturated/α-hetero) is 1. The highest BCUT2D eigenvalue weighted by Crippen LogP contribution is 2.23. The summed E-state index contributed by atoms with van der Waals surface area (Å²) < 4.78 is 7.67. The van der Waals surface area contributed by atoms with E-state index in [-0.39, 0.29) is 36.6 Å². The monoisotopic (exact) mass is 467 g/mol. The third-order valence-corrected chi connectivity index (χ3v) is 5.81. The first kappa shape index (κ1) is 24.7. The van der Waals surface area contributed by atoms with Crippen molar-refractivity contribution in [2.75, 3.05) is 31.1 Å². The molecule has 180 valence electrons. The van der Waals surface area contributed by atoms with Crippen molar-refractivity contribution < 1.29 is 28.8 Å². The number of anilines is 1. The van der Waals surface area contributed by atoms with Crippen molar-refractivity contribution in [2.45, 2.75) is 19.3 Å². The van der Waals surface area contributed by atoms with Crippen LogP contribution in [0.4, 0.5) is 5.69 Å². The third kappa shape index (κ3) is 6.53. The van der Waals surface area contributed by atoms with Gasteiger partial charge in [0.25, 0.3) is 0 Å². The van der Waals surface area contributed by atoms with Crippen molar-refractivity contribution in [3.05, 3.63) is 53.9 Å². The number of amides is 1. The lowest BCUT2D eigenvalue weighted by Gasteiger charge is -2.32. The molecule has 1 saturated heterocycles. The molecule has 2 heterocycles. The number of nitrogen functional groups attached to an aromatic ring is 1. The zero-order valence-corrected chi connectivity index (χ0v) is 19.1. The first-order chi connectivity index (χ1) is 16.2. The van der Waals surface area contributed by atoms with Gasteiger partial charge in [-0.15, -0.1) is 0 Å². The number of benzene rings is 1. The standard InChI is InChI=1S/C24H29N5O5/c1-28-9-6-19(7-10-28)29-11-4-16(5-12-29)23(31)27-8-13-34-21-15-18(22(25)26)3-2-17(21)14-20(30)24(32)33/h2-3,6-7,9-10,15-16H,4-5,8,11-14H2,1H3,(H4-,25,26,27,31,32,33). The van der Waals surface area contributed by atoms with E-state index < -0.39 is 18.2 Å². The predicted octanol–water partition coefficient (Wildman–Crippen LogP) is -0.932. The number of pyridine rings is 1. The van der Waals surface area contributed by atoms with Gasteiger partial charge in [-0.3, -0.25) is 15.0 Å². The maximum absolute atomic E-state index is 12.6. The van der Waals surface area contributed by atoms with Crippen molar-refractivity contribution in [2.24, 2.45) is 18.7 Å². The van der Waals surface area contributed by atoms with Crippen molar-refractivity contribution in [1.82, 2.24) is 5.32 Å². The number of nitrogens with zero attached hydrogens (tertiary/aromatic N) is 2. The molecule has 34 heavy (non-hydrogen) atoms. The second-order valence-corrected chi connectivity index (χ2v) is 8.25. The smallest absolute Gasteiger partial charge is 0.223 e. The average Bonchev–Trinajstić information content (AvgIpc) is 2.82. The Hall–Kier alpha value is -3.95. The Balaban J connectivity index is 1.49. The molecule has 4 N–H and O–H groups in total. The van der Waals surface area contributed by atoms with Gasteiger partial charge in [0, 0.05) is 54.4 Å². The van der Waals surface area contributed by atoms with Crippen LogP contribution in [-0.2, 0) is 27.9 Å². The number of ketones is 1. The van der Waals surface area contributed by atoms with Crippen molar-refractivity contribution >= 4 is 29.2 Å². The van der Waals surface area contributed by atoms with Crippen LogP contribution in [0.25, 0.3) is 0 Å². The van der Waals surface area contributed by atoms with Gasteiger partial charge in [0.1, 0.15) is 31.2 Å². The maximum Gasteiger partial charge on any atom is 0.223 e. The number of carboxylic acid groups (broad SMARTS) is 1. The molecule has 3 rings (SSSR count). The van der Waals surface area contributed by atoms with Gasteiger partial charge in [0.2, 0.25) is 5.91 Å². The van der Waals surface area contributed by atoms with Crippen LogP contribution in [0.5, 0.6) is 5.75 Å². The highest BCUT2D eigenvalue weighted by molar-refractivity contribution is 6.32. The number of carbonyl (C=O) groups excluding carboxylic acids is 3. The van der Waals surface area contributed by atoms with Crippen molar-refractivity contribution in [3.63, 3.8) is 0 Å². The predicted molar refractivity (Wildman–Crippen MR) is 122 cm³/mol. The molecule has 10 heteroatoms. The number of hydrogen-bond donors (Lipinski definition) is 3. The summed E-state index contributed by atoms with van der Waals surface area (Å²) >= 11 is 0. The lowest BCUT2D eigenvalue weighted by Crippen LogP contribution is -2.41. The number of hydrogen-bond acceptors (Lipinski definition) is 7. The van der Waals surface area contributed by atoms with Crippen LogP contribution in [0.15, 0.2) is 42.7 Å². The van der Waals surface area contributed by atoms with Gasteiger partial charge in [-0.25, -0.2) is 4.57 Å². The highest BCUT2D eigenvalue weighted by Gasteiger charge is 2.25. The number of carboxylic acids is 1. The Morgan fingerprint density at radius 1 is 1.21 bits per heavy atom. The maximum atomic E-state index is 12.6. The van der Waals surface area contributed by atoms with Crippen LogP contribution in [0, 0.1) is 11.3 Å². The van der Waals surface area contributed by atoms with Crippen LogP contribution in [0.1, 0.15) is 24.0 Å². The molecular weight excluding hydrogens is 438 g/mol. The van der Waals surface area contributed by atoms with Crippen LogP contribution >= 0.6 is 0 Å². The Kier molecular flexibility index (Phi) is 8.18. The van der Waals surface area contributed by atoms with E-state index >= 15 is 0 Å². The van der Waals surface area contributed by atoms with Gasteiger partial charge >= 0.3 is 0 Å². The summed E-state index contributed by atoms with van der Waals surface area (Å²) in [7, 11) is 1.97. The Morgan fingerprint density at radius 3 is 2.50 bits per heavy atom. The van der Waals surface area contributed by atoms with E-state index in [1.54, 1.807) is 0 Å². The van der Waals surface area contributed by atoms with E-state index in [0.717, 1.165) is 31.6 Å². The molecule has 0 saturated carbocycles. The molecule has 0 atom stereocenters. The number of rotatable bonds is 10. The topological polar surface area (TPSA) is 153 Å². The second kappa shape index (κ2) is 11.3. The fraction of sp³-hybridized carbons (Fsp3) is 0.375. The first-order valence-corrected chi connectivity index (χ1v) is 11.1. The molecule has 0 aliphatic carbocycles. The molecule has 1 aromatic carbocycles. The quantitative estimate of drug-likeness (QED) is 0.134. The number of aliphatic carboxylic acids is 1. The van der Waals surface area contributed by atoms with Gasteiger partial charge in [-0.2, -0.15) is 0 Å².